The van der Waals surface area contributed by atoms with E-state index in [1.165, 1.54) is 28.8 Å². The maximum Gasteiger partial charge on any atom is 0.121 e. The highest BCUT2D eigenvalue weighted by molar-refractivity contribution is 5.57. The van der Waals surface area contributed by atoms with Crippen molar-refractivity contribution in [3.63, 3.8) is 0 Å². The number of hydrogen-bond acceptors (Lipinski definition) is 5. The zero-order valence-electron chi connectivity index (χ0n) is 26.8. The summed E-state index contributed by atoms with van der Waals surface area (Å²) in [5.74, 6) is 0.870. The van der Waals surface area contributed by atoms with E-state index in [2.05, 4.69) is 81.5 Å². The van der Waals surface area contributed by atoms with E-state index in [-0.39, 0.29) is 6.73 Å². The quantitative estimate of drug-likeness (QED) is 0.164. The number of aliphatic hydroxyl groups excluding tert-OH is 1. The van der Waals surface area contributed by atoms with Crippen LogP contribution in [0.2, 0.25) is 0 Å². The van der Waals surface area contributed by atoms with Crippen LogP contribution in [0.1, 0.15) is 70.1 Å². The van der Waals surface area contributed by atoms with Gasteiger partial charge in [0.05, 0.1) is 6.61 Å². The second-order valence-corrected chi connectivity index (χ2v) is 9.77. The van der Waals surface area contributed by atoms with Crippen LogP contribution in [0, 0.1) is 13.8 Å². The van der Waals surface area contributed by atoms with Gasteiger partial charge in [0.25, 0.3) is 0 Å². The number of rotatable bonds is 12. The Morgan fingerprint density at radius 1 is 1.00 bits per heavy atom. The molecule has 0 atom stereocenters. The Kier molecular flexibility index (Phi) is 21.4. The fourth-order valence-corrected chi connectivity index (χ4v) is 4.45. The molecule has 1 aliphatic rings. The molecule has 3 rings (SSSR count). The number of nitrogens with zero attached hydrogens (tertiary/aromatic N) is 3. The molecule has 1 saturated heterocycles. The van der Waals surface area contributed by atoms with Crippen molar-refractivity contribution in [3.8, 4) is 5.75 Å². The molecule has 0 radical (unpaired) electrons. The lowest BCUT2D eigenvalue weighted by Crippen LogP contribution is -2.46. The molecule has 1 heterocycles. The Balaban J connectivity index is 0.00000199. The number of benzene rings is 2. The number of aliphatic hydroxyl groups is 1. The summed E-state index contributed by atoms with van der Waals surface area (Å²) in [5.41, 5.74) is 6.41. The third-order valence-electron chi connectivity index (χ3n) is 6.72. The van der Waals surface area contributed by atoms with E-state index in [4.69, 9.17) is 4.74 Å². The number of hydrogen-bond donors (Lipinski definition) is 1. The lowest BCUT2D eigenvalue weighted by Gasteiger charge is -2.37. The number of ether oxygens (including phenoxy) is 1. The van der Waals surface area contributed by atoms with Gasteiger partial charge in [-0.25, -0.2) is 0 Å². The average Bonchev–Trinajstić information content (AvgIpc) is 3.00. The molecule has 226 valence electrons. The van der Waals surface area contributed by atoms with Gasteiger partial charge in [0.15, 0.2) is 0 Å². The van der Waals surface area contributed by atoms with Gasteiger partial charge < -0.3 is 19.6 Å². The standard InChI is InChI=1S/C28H41N3O2.C3H8.C2H6.C2H4/c1-5-6-11-25-13-14-26(21-28(25)29(4)22-32)33-20-8-7-15-30-16-18-31(19-17-30)27-12-9-10-23(2)24(27)3;1-3-2;2*1-2/h5,9-10,12-14,21,32H,1,6-8,11,15-20,22H2,2-4H3;3H2,1-2H3;1-2H3;1-2H2. The van der Waals surface area contributed by atoms with Crippen molar-refractivity contribution in [1.82, 2.24) is 4.90 Å². The first kappa shape index (κ1) is 37.2. The molecule has 5 nitrogen and oxygen atoms in total. The van der Waals surface area contributed by atoms with Crippen molar-refractivity contribution in [2.45, 2.75) is 73.6 Å². The molecule has 0 aromatic heterocycles. The molecule has 2 aromatic rings. The number of piperazine rings is 1. The van der Waals surface area contributed by atoms with Gasteiger partial charge in [0.2, 0.25) is 0 Å². The molecule has 1 aliphatic heterocycles. The van der Waals surface area contributed by atoms with Crippen molar-refractivity contribution in [3.05, 3.63) is 78.9 Å². The van der Waals surface area contributed by atoms with Crippen molar-refractivity contribution < 1.29 is 9.84 Å². The summed E-state index contributed by atoms with van der Waals surface area (Å²) in [7, 11) is 1.90. The molecule has 1 N–H and O–H groups in total. The topological polar surface area (TPSA) is 39.2 Å². The number of aryl methyl sites for hydroxylation is 2. The Morgan fingerprint density at radius 2 is 1.65 bits per heavy atom. The van der Waals surface area contributed by atoms with E-state index in [0.29, 0.717) is 0 Å². The molecule has 0 bridgehead atoms. The summed E-state index contributed by atoms with van der Waals surface area (Å²) in [5, 5.41) is 9.56. The van der Waals surface area contributed by atoms with Crippen LogP contribution >= 0.6 is 0 Å². The Bertz CT molecular complexity index is 923. The third kappa shape index (κ3) is 13.1. The van der Waals surface area contributed by atoms with Crippen LogP contribution in [0.15, 0.2) is 62.2 Å². The summed E-state index contributed by atoms with van der Waals surface area (Å²) in [6.45, 7) is 28.8. The highest BCUT2D eigenvalue weighted by Crippen LogP contribution is 2.27. The van der Waals surface area contributed by atoms with Gasteiger partial charge in [-0.3, -0.25) is 4.90 Å². The number of unbranched alkanes of at least 4 members (excludes halogenated alkanes) is 1. The maximum absolute atomic E-state index is 9.56. The van der Waals surface area contributed by atoms with E-state index in [1.54, 1.807) is 0 Å². The molecular weight excluding hydrogens is 494 g/mol. The summed E-state index contributed by atoms with van der Waals surface area (Å²) in [4.78, 5) is 6.95. The molecule has 0 amide bonds. The first-order valence-electron chi connectivity index (χ1n) is 15.2. The smallest absolute Gasteiger partial charge is 0.121 e. The van der Waals surface area contributed by atoms with Crippen molar-refractivity contribution >= 4 is 11.4 Å². The lowest BCUT2D eigenvalue weighted by atomic mass is 10.1. The van der Waals surface area contributed by atoms with E-state index >= 15 is 0 Å². The lowest BCUT2D eigenvalue weighted by molar-refractivity contribution is 0.238. The van der Waals surface area contributed by atoms with Gasteiger partial charge in [-0.15, -0.1) is 19.7 Å². The van der Waals surface area contributed by atoms with Gasteiger partial charge in [0, 0.05) is 50.7 Å². The minimum absolute atomic E-state index is 0.0126. The summed E-state index contributed by atoms with van der Waals surface area (Å²) >= 11 is 0. The van der Waals surface area contributed by atoms with Crippen LogP contribution in [0.3, 0.4) is 0 Å². The van der Waals surface area contributed by atoms with Gasteiger partial charge in [-0.05, 0) is 74.9 Å². The second kappa shape index (κ2) is 23.0. The van der Waals surface area contributed by atoms with Crippen molar-refractivity contribution in [1.29, 1.82) is 0 Å². The van der Waals surface area contributed by atoms with Gasteiger partial charge in [-0.1, -0.05) is 58.4 Å². The maximum atomic E-state index is 9.56. The Morgan fingerprint density at radius 3 is 2.25 bits per heavy atom. The molecule has 0 saturated carbocycles. The van der Waals surface area contributed by atoms with E-state index in [9.17, 15) is 5.11 Å². The zero-order chi connectivity index (χ0) is 30.3. The highest BCUT2D eigenvalue weighted by atomic mass is 16.5. The minimum Gasteiger partial charge on any atom is -0.494 e. The average molecular weight is 554 g/mol. The first-order valence-corrected chi connectivity index (χ1v) is 15.2. The van der Waals surface area contributed by atoms with Gasteiger partial charge in [0.1, 0.15) is 12.5 Å². The molecular formula is C35H59N3O2. The molecule has 2 aromatic carbocycles. The third-order valence-corrected chi connectivity index (χ3v) is 6.72. The Hall–Kier alpha value is -2.76. The molecule has 5 heteroatoms. The van der Waals surface area contributed by atoms with Gasteiger partial charge >= 0.3 is 0 Å². The first-order chi connectivity index (χ1) is 19.4. The number of anilines is 2. The molecule has 40 heavy (non-hydrogen) atoms. The molecule has 1 fully saturated rings. The van der Waals surface area contributed by atoms with Crippen LogP contribution in [0.25, 0.3) is 0 Å². The molecule has 0 aliphatic carbocycles. The minimum atomic E-state index is -0.0126. The van der Waals surface area contributed by atoms with Crippen molar-refractivity contribution in [2.24, 2.45) is 0 Å². The predicted octanol–water partition coefficient (Wildman–Crippen LogP) is 8.03. The molecule has 0 unspecified atom stereocenters. The number of allylic oxidation sites excluding steroid dienone is 1. The van der Waals surface area contributed by atoms with Crippen LogP contribution < -0.4 is 14.5 Å². The van der Waals surface area contributed by atoms with Crippen LogP contribution in [-0.4, -0.2) is 63.1 Å². The SMILES string of the molecule is C=C.C=CCCc1ccc(OCCCCN2CCN(c3cccc(C)c3C)CC2)cc1N(C)CO.CC.CCC. The van der Waals surface area contributed by atoms with Crippen molar-refractivity contribution in [2.75, 3.05) is 62.9 Å². The summed E-state index contributed by atoms with van der Waals surface area (Å²) in [6.07, 6.45) is 7.20. The van der Waals surface area contributed by atoms with Crippen LogP contribution in [-0.2, 0) is 6.42 Å². The van der Waals surface area contributed by atoms with E-state index in [0.717, 1.165) is 76.5 Å². The van der Waals surface area contributed by atoms with Crippen LogP contribution in [0.4, 0.5) is 11.4 Å². The fourth-order valence-electron chi connectivity index (χ4n) is 4.45. The zero-order valence-corrected chi connectivity index (χ0v) is 26.8. The van der Waals surface area contributed by atoms with E-state index < -0.39 is 0 Å². The van der Waals surface area contributed by atoms with Gasteiger partial charge in [-0.2, -0.15) is 0 Å². The van der Waals surface area contributed by atoms with E-state index in [1.807, 2.05) is 44.0 Å². The summed E-state index contributed by atoms with van der Waals surface area (Å²) in [6, 6.07) is 12.8. The monoisotopic (exact) mass is 553 g/mol. The van der Waals surface area contributed by atoms with Crippen LogP contribution in [0.5, 0.6) is 5.75 Å². The largest absolute Gasteiger partial charge is 0.494 e. The Labute approximate surface area is 247 Å². The summed E-state index contributed by atoms with van der Waals surface area (Å²) < 4.78 is 6.03. The predicted molar refractivity (Wildman–Crippen MR) is 178 cm³/mol. The fraction of sp³-hybridized carbons (Fsp3) is 0.543. The normalized spacial score (nSPS) is 12.6. The highest BCUT2D eigenvalue weighted by Gasteiger charge is 2.18. The molecule has 0 spiro atoms. The second-order valence-electron chi connectivity index (χ2n) is 9.77.